The minimum atomic E-state index is -0.645. The molecule has 0 bridgehead atoms. The van der Waals surface area contributed by atoms with Crippen molar-refractivity contribution >= 4 is 86.6 Å². The van der Waals surface area contributed by atoms with Crippen molar-refractivity contribution in [2.45, 2.75) is 0 Å². The zero-order chi connectivity index (χ0) is 53.7. The Morgan fingerprint density at radius 2 is 0.877 bits per heavy atom. The van der Waals surface area contributed by atoms with Gasteiger partial charge < -0.3 is 4.42 Å². The average Bonchev–Trinajstić information content (AvgIpc) is 3.78. The third kappa shape index (κ3) is 4.40. The standard InChI is InChI=1S/C56H32O/c1-2-8-33(9-3-1)54-47(40-24-29-51-48(30-40)44-14-4-5-15-50(44)57-51)31-41(42-25-20-38-18-16-34-10-6-12-36-22-27-45(42)55(38)52(34)36)32-49(54)43-26-21-39-19-17-35-11-7-13-37-23-28-46(43)56(39)53(35)37/h1-32H/i6D,7D,10D,11D,12D,13D,16D,17D,18D,19D,20D,21D,22D,23D,25D,26D,27D,28D,31D. The largest absolute Gasteiger partial charge is 0.456 e. The van der Waals surface area contributed by atoms with E-state index in [0.29, 0.717) is 27.7 Å². The Hall–Kier alpha value is -7.48. The van der Waals surface area contributed by atoms with Gasteiger partial charge in [-0.05, 0) is 139 Å². The summed E-state index contributed by atoms with van der Waals surface area (Å²) in [6.45, 7) is 0. The molecule has 0 aliphatic carbocycles. The van der Waals surface area contributed by atoms with Gasteiger partial charge in [-0.3, -0.25) is 0 Å². The molecule has 13 rings (SSSR count). The van der Waals surface area contributed by atoms with E-state index in [1.165, 1.54) is 6.07 Å². The van der Waals surface area contributed by atoms with Crippen LogP contribution in [0.3, 0.4) is 0 Å². The van der Waals surface area contributed by atoms with Crippen LogP contribution in [0.4, 0.5) is 0 Å². The molecule has 0 unspecified atom stereocenters. The first-order valence-corrected chi connectivity index (χ1v) is 18.2. The highest BCUT2D eigenvalue weighted by Crippen LogP contribution is 2.49. The molecule has 0 radical (unpaired) electrons. The number of fused-ring (bicyclic) bond motifs is 3. The number of para-hydroxylation sites is 1. The molecule has 0 aliphatic rings. The summed E-state index contributed by atoms with van der Waals surface area (Å²) in [6, 6.07) is 11.5. The van der Waals surface area contributed by atoms with E-state index in [2.05, 4.69) is 0 Å². The van der Waals surface area contributed by atoms with E-state index in [4.69, 9.17) is 15.4 Å². The molecule has 1 heterocycles. The van der Waals surface area contributed by atoms with Gasteiger partial charge in [-0.25, -0.2) is 0 Å². The molecule has 12 aromatic carbocycles. The topological polar surface area (TPSA) is 13.1 Å². The van der Waals surface area contributed by atoms with Crippen molar-refractivity contribution in [1.82, 2.24) is 0 Å². The van der Waals surface area contributed by atoms with E-state index in [1.807, 2.05) is 18.2 Å². The fourth-order valence-electron chi connectivity index (χ4n) is 8.45. The van der Waals surface area contributed by atoms with Crippen LogP contribution in [0.5, 0.6) is 0 Å². The Morgan fingerprint density at radius 1 is 0.333 bits per heavy atom. The van der Waals surface area contributed by atoms with Crippen molar-refractivity contribution in [2.24, 2.45) is 0 Å². The second-order valence-electron chi connectivity index (χ2n) is 14.0. The molecule has 1 heteroatoms. The van der Waals surface area contributed by atoms with E-state index >= 15 is 0 Å². The third-order valence-electron chi connectivity index (χ3n) is 11.0. The van der Waals surface area contributed by atoms with Gasteiger partial charge in [-0.1, -0.05) is 163 Å². The first-order valence-electron chi connectivity index (χ1n) is 27.7. The van der Waals surface area contributed by atoms with Gasteiger partial charge in [-0.2, -0.15) is 0 Å². The molecule has 1 nitrogen and oxygen atoms in total. The predicted octanol–water partition coefficient (Wildman–Crippen LogP) is 16.0. The Bertz CT molecular complexity index is 4800. The van der Waals surface area contributed by atoms with Gasteiger partial charge in [0.25, 0.3) is 0 Å². The summed E-state index contributed by atoms with van der Waals surface area (Å²) in [5, 5.41) is -1.13. The molecule has 57 heavy (non-hydrogen) atoms. The van der Waals surface area contributed by atoms with Crippen molar-refractivity contribution in [2.75, 3.05) is 0 Å². The summed E-state index contributed by atoms with van der Waals surface area (Å²) in [5.74, 6) is 0. The lowest BCUT2D eigenvalue weighted by Gasteiger charge is -2.22. The Kier molecular flexibility index (Phi) is 3.63. The summed E-state index contributed by atoms with van der Waals surface area (Å²) in [6.07, 6.45) is 0. The highest BCUT2D eigenvalue weighted by molar-refractivity contribution is 6.27. The van der Waals surface area contributed by atoms with E-state index in [9.17, 15) is 15.1 Å². The van der Waals surface area contributed by atoms with Crippen LogP contribution in [0.2, 0.25) is 0 Å². The van der Waals surface area contributed by atoms with Gasteiger partial charge in [0.05, 0.1) is 26.0 Å². The van der Waals surface area contributed by atoms with Crippen LogP contribution in [0, 0.1) is 0 Å². The van der Waals surface area contributed by atoms with Crippen molar-refractivity contribution in [1.29, 1.82) is 0 Å². The SMILES string of the molecule is [2H]c1c(-c2c([2H])c([2H])c3c([2H])c([2H])c4c([2H])c([2H])c([2H])c5c([2H])c([2H])c2c3c45)cc(-c2c([2H])c([2H])c3c([2H])c([2H])c4c([2H])c([2H])c([2H])c5c([2H])c([2H])c2c3c45)c(-c2ccccc2)c1-c1ccc2oc3ccccc3c2c1. The smallest absolute Gasteiger partial charge is 0.135 e. The molecule has 0 atom stereocenters. The van der Waals surface area contributed by atoms with Gasteiger partial charge in [0.2, 0.25) is 0 Å². The second kappa shape index (κ2) is 11.5. The summed E-state index contributed by atoms with van der Waals surface area (Å²) >= 11 is 0. The molecule has 0 spiro atoms. The fourth-order valence-corrected chi connectivity index (χ4v) is 8.45. The number of hydrogen-bond donors (Lipinski definition) is 0. The van der Waals surface area contributed by atoms with Crippen LogP contribution < -0.4 is 0 Å². The molecule has 0 saturated carbocycles. The maximum absolute atomic E-state index is 10.5. The summed E-state index contributed by atoms with van der Waals surface area (Å²) < 4.78 is 184. The third-order valence-corrected chi connectivity index (χ3v) is 11.0. The average molecular weight is 740 g/mol. The zero-order valence-electron chi connectivity index (χ0n) is 48.4. The van der Waals surface area contributed by atoms with Crippen LogP contribution in [-0.2, 0) is 0 Å². The molecule has 0 saturated heterocycles. The monoisotopic (exact) mass is 739 g/mol. The molecule has 0 amide bonds. The number of benzene rings is 12. The van der Waals surface area contributed by atoms with Crippen LogP contribution in [-0.4, -0.2) is 0 Å². The Balaban J connectivity index is 1.32. The van der Waals surface area contributed by atoms with E-state index < -0.39 is 109 Å². The quantitative estimate of drug-likeness (QED) is 0.164. The molecule has 262 valence electrons. The molecule has 1 aromatic heterocycles. The maximum Gasteiger partial charge on any atom is 0.135 e. The summed E-state index contributed by atoms with van der Waals surface area (Å²) in [4.78, 5) is 0. The highest BCUT2D eigenvalue weighted by Gasteiger charge is 2.22. The van der Waals surface area contributed by atoms with Gasteiger partial charge in [0.1, 0.15) is 11.2 Å². The van der Waals surface area contributed by atoms with Gasteiger partial charge in [-0.15, -0.1) is 0 Å². The molecule has 0 aliphatic heterocycles. The normalized spacial score (nSPS) is 16.9. The van der Waals surface area contributed by atoms with Gasteiger partial charge in [0.15, 0.2) is 0 Å². The lowest BCUT2D eigenvalue weighted by Crippen LogP contribution is -1.95. The van der Waals surface area contributed by atoms with Gasteiger partial charge in [0, 0.05) is 10.8 Å². The maximum atomic E-state index is 10.5. The van der Waals surface area contributed by atoms with Gasteiger partial charge >= 0.3 is 0 Å². The van der Waals surface area contributed by atoms with Crippen molar-refractivity contribution in [3.05, 3.63) is 194 Å². The van der Waals surface area contributed by atoms with Crippen molar-refractivity contribution in [3.63, 3.8) is 0 Å². The molecule has 0 fully saturated rings. The lowest BCUT2D eigenvalue weighted by molar-refractivity contribution is 0.669. The molecular weight excluding hydrogens is 689 g/mol. The summed E-state index contributed by atoms with van der Waals surface area (Å²) in [7, 11) is 0. The second-order valence-corrected chi connectivity index (χ2v) is 14.0. The van der Waals surface area contributed by atoms with Crippen LogP contribution in [0.1, 0.15) is 26.0 Å². The van der Waals surface area contributed by atoms with E-state index in [-0.39, 0.29) is 104 Å². The number of furan rings is 1. The minimum absolute atomic E-state index is 0.00861. The number of hydrogen-bond acceptors (Lipinski definition) is 1. The minimum Gasteiger partial charge on any atom is -0.456 e. The summed E-state index contributed by atoms with van der Waals surface area (Å²) in [5.41, 5.74) is 1.55. The first kappa shape index (κ1) is 18.0. The molecule has 13 aromatic rings. The Labute approximate surface area is 355 Å². The van der Waals surface area contributed by atoms with Crippen LogP contribution >= 0.6 is 0 Å². The molecular formula is C56H32O. The molecule has 0 N–H and O–H groups in total. The van der Waals surface area contributed by atoms with E-state index in [1.54, 1.807) is 54.6 Å². The Morgan fingerprint density at radius 3 is 1.56 bits per heavy atom. The fraction of sp³-hybridized carbons (Fsp3) is 0. The van der Waals surface area contributed by atoms with Crippen LogP contribution in [0.25, 0.3) is 131 Å². The highest BCUT2D eigenvalue weighted by atomic mass is 16.3. The van der Waals surface area contributed by atoms with Crippen molar-refractivity contribution in [3.8, 4) is 44.5 Å². The van der Waals surface area contributed by atoms with Crippen LogP contribution in [0.15, 0.2) is 198 Å². The first-order chi connectivity index (χ1) is 36.2. The zero-order valence-corrected chi connectivity index (χ0v) is 29.4. The van der Waals surface area contributed by atoms with Crippen molar-refractivity contribution < 1.29 is 30.5 Å². The van der Waals surface area contributed by atoms with E-state index in [0.717, 1.165) is 5.39 Å². The number of rotatable bonds is 4. The predicted molar refractivity (Wildman–Crippen MR) is 243 cm³/mol. The lowest BCUT2D eigenvalue weighted by atomic mass is 9.81.